The van der Waals surface area contributed by atoms with Crippen molar-refractivity contribution in [2.45, 2.75) is 0 Å². The van der Waals surface area contributed by atoms with Gasteiger partial charge in [-0.1, -0.05) is 146 Å². The molecule has 0 amide bonds. The van der Waals surface area contributed by atoms with Gasteiger partial charge in [-0.05, 0) is 82.9 Å². The summed E-state index contributed by atoms with van der Waals surface area (Å²) in [5.74, 6) is 1.77. The Morgan fingerprint density at radius 2 is 0.825 bits per heavy atom. The second-order valence-corrected chi connectivity index (χ2v) is 15.9. The molecule has 0 saturated carbocycles. The van der Waals surface area contributed by atoms with Crippen LogP contribution in [-0.2, 0) is 0 Å². The van der Waals surface area contributed by atoms with Gasteiger partial charge in [0.1, 0.15) is 22.3 Å². The van der Waals surface area contributed by atoms with Gasteiger partial charge in [-0.2, -0.15) is 0 Å². The first kappa shape index (κ1) is 35.2. The van der Waals surface area contributed by atoms with Crippen molar-refractivity contribution in [1.29, 1.82) is 0 Å². The number of hydrogen-bond acceptors (Lipinski definition) is 5. The van der Waals surface area contributed by atoms with E-state index in [1.807, 2.05) is 48.5 Å². The zero-order valence-corrected chi connectivity index (χ0v) is 33.7. The van der Waals surface area contributed by atoms with E-state index in [0.29, 0.717) is 17.5 Å². The Labute approximate surface area is 361 Å². The molecule has 0 atom stereocenters. The molecule has 294 valence electrons. The standard InChI is InChI=1S/C57H34N4O2/c1-3-14-35(15-4-1)37-18-11-19-39(32-37)56-58-55(36-16-5-2-6-17-36)59-57(60-56)44-23-13-27-52-54(44)45-33-38(28-30-49(45)62-52)41-22-12-26-51-53(41)46-34-40(29-31-50(46)63-51)61-47-24-9-7-20-42(47)43-21-8-10-25-48(43)61/h1-34H. The largest absolute Gasteiger partial charge is 0.456 e. The summed E-state index contributed by atoms with van der Waals surface area (Å²) in [6.07, 6.45) is 0. The minimum Gasteiger partial charge on any atom is -0.456 e. The van der Waals surface area contributed by atoms with E-state index in [0.717, 1.165) is 88.5 Å². The molecule has 63 heavy (non-hydrogen) atoms. The van der Waals surface area contributed by atoms with Crippen LogP contribution in [0, 0.1) is 0 Å². The first-order valence-electron chi connectivity index (χ1n) is 21.1. The summed E-state index contributed by atoms with van der Waals surface area (Å²) in [5.41, 5.74) is 13.7. The number of fused-ring (bicyclic) bond motifs is 9. The topological polar surface area (TPSA) is 69.9 Å². The Balaban J connectivity index is 0.990. The quantitative estimate of drug-likeness (QED) is 0.167. The van der Waals surface area contributed by atoms with Crippen LogP contribution in [0.3, 0.4) is 0 Å². The molecule has 0 N–H and O–H groups in total. The van der Waals surface area contributed by atoms with Crippen molar-refractivity contribution in [3.8, 4) is 62.1 Å². The highest BCUT2D eigenvalue weighted by Crippen LogP contribution is 2.43. The van der Waals surface area contributed by atoms with Gasteiger partial charge < -0.3 is 13.4 Å². The lowest BCUT2D eigenvalue weighted by Crippen LogP contribution is -2.00. The van der Waals surface area contributed by atoms with Crippen LogP contribution in [-0.4, -0.2) is 19.5 Å². The van der Waals surface area contributed by atoms with Gasteiger partial charge >= 0.3 is 0 Å². The van der Waals surface area contributed by atoms with Crippen molar-refractivity contribution in [3.05, 3.63) is 206 Å². The van der Waals surface area contributed by atoms with Gasteiger partial charge in [0, 0.05) is 54.7 Å². The number of nitrogens with zero attached hydrogens (tertiary/aromatic N) is 4. The van der Waals surface area contributed by atoms with Crippen molar-refractivity contribution >= 4 is 65.7 Å². The minimum absolute atomic E-state index is 0.572. The fourth-order valence-electron chi connectivity index (χ4n) is 9.39. The average Bonchev–Trinajstić information content (AvgIpc) is 4.03. The van der Waals surface area contributed by atoms with Crippen LogP contribution in [0.4, 0.5) is 0 Å². The third kappa shape index (κ3) is 5.69. The zero-order chi connectivity index (χ0) is 41.4. The second kappa shape index (κ2) is 14.0. The number of para-hydroxylation sites is 2. The number of furan rings is 2. The van der Waals surface area contributed by atoms with Crippen molar-refractivity contribution in [2.24, 2.45) is 0 Å². The van der Waals surface area contributed by atoms with Crippen LogP contribution in [0.1, 0.15) is 0 Å². The molecular formula is C57H34N4O2. The van der Waals surface area contributed by atoms with Crippen LogP contribution in [0.2, 0.25) is 0 Å². The van der Waals surface area contributed by atoms with E-state index in [9.17, 15) is 0 Å². The van der Waals surface area contributed by atoms with Crippen LogP contribution >= 0.6 is 0 Å². The number of rotatable bonds is 6. The molecule has 0 spiro atoms. The Hall–Kier alpha value is -8.61. The molecular weight excluding hydrogens is 773 g/mol. The summed E-state index contributed by atoms with van der Waals surface area (Å²) >= 11 is 0. The molecule has 13 rings (SSSR count). The Kier molecular flexibility index (Phi) is 7.80. The normalized spacial score (nSPS) is 11.8. The number of hydrogen-bond donors (Lipinski definition) is 0. The van der Waals surface area contributed by atoms with E-state index >= 15 is 0 Å². The van der Waals surface area contributed by atoms with Crippen LogP contribution in [0.5, 0.6) is 0 Å². The van der Waals surface area contributed by atoms with E-state index in [4.69, 9.17) is 23.8 Å². The van der Waals surface area contributed by atoms with Crippen LogP contribution in [0.15, 0.2) is 215 Å². The Morgan fingerprint density at radius 1 is 0.302 bits per heavy atom. The smallest absolute Gasteiger partial charge is 0.164 e. The highest BCUT2D eigenvalue weighted by atomic mass is 16.3. The van der Waals surface area contributed by atoms with Gasteiger partial charge in [-0.25, -0.2) is 15.0 Å². The highest BCUT2D eigenvalue weighted by molar-refractivity contribution is 6.17. The molecule has 0 aliphatic carbocycles. The van der Waals surface area contributed by atoms with Crippen LogP contribution < -0.4 is 0 Å². The monoisotopic (exact) mass is 806 g/mol. The maximum atomic E-state index is 6.58. The van der Waals surface area contributed by atoms with Crippen LogP contribution in [0.25, 0.3) is 128 Å². The molecule has 6 nitrogen and oxygen atoms in total. The van der Waals surface area contributed by atoms with Crippen molar-refractivity contribution in [1.82, 2.24) is 19.5 Å². The summed E-state index contributed by atoms with van der Waals surface area (Å²) in [4.78, 5) is 15.4. The Morgan fingerprint density at radius 3 is 1.54 bits per heavy atom. The van der Waals surface area contributed by atoms with E-state index in [1.54, 1.807) is 0 Å². The third-order valence-electron chi connectivity index (χ3n) is 12.3. The molecule has 9 aromatic carbocycles. The van der Waals surface area contributed by atoms with Gasteiger partial charge in [0.15, 0.2) is 17.5 Å². The molecule has 0 fully saturated rings. The van der Waals surface area contributed by atoms with Gasteiger partial charge in [0.25, 0.3) is 0 Å². The van der Waals surface area contributed by atoms with Gasteiger partial charge in [-0.15, -0.1) is 0 Å². The maximum absolute atomic E-state index is 6.58. The highest BCUT2D eigenvalue weighted by Gasteiger charge is 2.21. The summed E-state index contributed by atoms with van der Waals surface area (Å²) in [6, 6.07) is 71.5. The van der Waals surface area contributed by atoms with E-state index in [-0.39, 0.29) is 0 Å². The lowest BCUT2D eigenvalue weighted by atomic mass is 9.97. The van der Waals surface area contributed by atoms with Crippen molar-refractivity contribution in [2.75, 3.05) is 0 Å². The van der Waals surface area contributed by atoms with Crippen molar-refractivity contribution in [3.63, 3.8) is 0 Å². The number of aromatic nitrogens is 4. The van der Waals surface area contributed by atoms with Gasteiger partial charge in [-0.3, -0.25) is 0 Å². The summed E-state index contributed by atoms with van der Waals surface area (Å²) in [7, 11) is 0. The summed E-state index contributed by atoms with van der Waals surface area (Å²) in [5, 5.41) is 6.50. The van der Waals surface area contributed by atoms with E-state index in [1.165, 1.54) is 21.8 Å². The lowest BCUT2D eigenvalue weighted by Gasteiger charge is -2.10. The molecule has 13 aromatic rings. The average molecular weight is 807 g/mol. The second-order valence-electron chi connectivity index (χ2n) is 15.9. The lowest BCUT2D eigenvalue weighted by molar-refractivity contribution is 0.669. The molecule has 0 bridgehead atoms. The van der Waals surface area contributed by atoms with Gasteiger partial charge in [0.2, 0.25) is 0 Å². The molecule has 0 unspecified atom stereocenters. The maximum Gasteiger partial charge on any atom is 0.164 e. The Bertz CT molecular complexity index is 3870. The predicted octanol–water partition coefficient (Wildman–Crippen LogP) is 15.1. The van der Waals surface area contributed by atoms with Gasteiger partial charge in [0.05, 0.1) is 11.0 Å². The minimum atomic E-state index is 0.572. The zero-order valence-electron chi connectivity index (χ0n) is 33.7. The molecule has 6 heteroatoms. The first-order chi connectivity index (χ1) is 31.2. The molecule has 0 aliphatic rings. The fourth-order valence-corrected chi connectivity index (χ4v) is 9.39. The van der Waals surface area contributed by atoms with E-state index < -0.39 is 0 Å². The van der Waals surface area contributed by atoms with E-state index in [2.05, 4.69) is 162 Å². The first-order valence-corrected chi connectivity index (χ1v) is 21.1. The molecule has 0 aliphatic heterocycles. The SMILES string of the molecule is c1ccc(-c2cccc(-c3nc(-c4ccccc4)nc(-c4cccc5oc6ccc(-c7cccc8oc9ccc(-n%10c%11ccccc%11c%11ccccc%11%10)cc9c78)cc6c45)n3)c2)cc1. The summed E-state index contributed by atoms with van der Waals surface area (Å²) < 4.78 is 15.5. The molecule has 4 heterocycles. The van der Waals surface area contributed by atoms with Crippen molar-refractivity contribution < 1.29 is 8.83 Å². The molecule has 0 saturated heterocycles. The third-order valence-corrected chi connectivity index (χ3v) is 12.3. The predicted molar refractivity (Wildman–Crippen MR) is 256 cm³/mol. The summed E-state index contributed by atoms with van der Waals surface area (Å²) in [6.45, 7) is 0. The fraction of sp³-hybridized carbons (Fsp3) is 0. The molecule has 4 aromatic heterocycles. The number of benzene rings is 9. The molecule has 0 radical (unpaired) electrons.